The number of rotatable bonds is 10. The second-order valence-electron chi connectivity index (χ2n) is 5.94. The molecule has 10 N–H and O–H groups in total. The maximum atomic E-state index is 7.19. The van der Waals surface area contributed by atoms with Crippen LogP contribution < -0.4 is 37.3 Å². The van der Waals surface area contributed by atoms with Crippen molar-refractivity contribution in [2.45, 2.75) is 6.54 Å². The zero-order chi connectivity index (χ0) is 20.4. The molecule has 2 aromatic carbocycles. The van der Waals surface area contributed by atoms with Crippen molar-refractivity contribution < 1.29 is 9.47 Å². The molecule has 9 nitrogen and oxygen atoms in total. The van der Waals surface area contributed by atoms with E-state index in [4.69, 9.17) is 37.5 Å². The molecular formula is C19H27N7O2. The van der Waals surface area contributed by atoms with Crippen LogP contribution in [0.2, 0.25) is 0 Å². The average molecular weight is 385 g/mol. The standard InChI is InChI=1S/C19H27N7O2/c20-12-13-4-5-16(17(10-13)28-9-7-26-19(23)24)14-2-1-3-15(11-14)27-8-6-25-18(21)22/h1-5,10-11H,6-9,12,20H2,(H4,21,22,25)(H4,23,24,26). The molecule has 0 atom stereocenters. The highest BCUT2D eigenvalue weighted by atomic mass is 16.5. The highest BCUT2D eigenvalue weighted by Gasteiger charge is 2.09. The zero-order valence-corrected chi connectivity index (χ0v) is 15.6. The minimum Gasteiger partial charge on any atom is -0.492 e. The van der Waals surface area contributed by atoms with Crippen molar-refractivity contribution in [1.29, 1.82) is 10.8 Å². The average Bonchev–Trinajstić information content (AvgIpc) is 2.68. The molecule has 28 heavy (non-hydrogen) atoms. The minimum atomic E-state index is -0.0938. The predicted octanol–water partition coefficient (Wildman–Crippen LogP) is 0.536. The van der Waals surface area contributed by atoms with Crippen LogP contribution in [0.5, 0.6) is 11.5 Å². The normalized spacial score (nSPS) is 10.2. The molecule has 150 valence electrons. The molecule has 0 aromatic heterocycles. The lowest BCUT2D eigenvalue weighted by atomic mass is 10.0. The fraction of sp³-hybridized carbons (Fsp3) is 0.263. The van der Waals surface area contributed by atoms with E-state index < -0.39 is 0 Å². The molecule has 0 saturated heterocycles. The van der Waals surface area contributed by atoms with E-state index in [0.29, 0.717) is 44.3 Å². The molecule has 0 aliphatic carbocycles. The molecule has 0 aliphatic heterocycles. The van der Waals surface area contributed by atoms with E-state index in [9.17, 15) is 0 Å². The summed E-state index contributed by atoms with van der Waals surface area (Å²) >= 11 is 0. The van der Waals surface area contributed by atoms with E-state index in [1.807, 2.05) is 42.5 Å². The lowest BCUT2D eigenvalue weighted by molar-refractivity contribution is 0.321. The van der Waals surface area contributed by atoms with Crippen molar-refractivity contribution in [2.24, 2.45) is 17.2 Å². The Morgan fingerprint density at radius 3 is 2.21 bits per heavy atom. The number of benzene rings is 2. The molecule has 0 spiro atoms. The lowest BCUT2D eigenvalue weighted by Gasteiger charge is -2.15. The van der Waals surface area contributed by atoms with E-state index >= 15 is 0 Å². The molecule has 0 fully saturated rings. The number of hydrogen-bond acceptors (Lipinski definition) is 5. The van der Waals surface area contributed by atoms with Crippen molar-refractivity contribution in [1.82, 2.24) is 10.6 Å². The summed E-state index contributed by atoms with van der Waals surface area (Å²) in [6.45, 7) is 2.02. The van der Waals surface area contributed by atoms with Crippen LogP contribution in [0.3, 0.4) is 0 Å². The number of hydrogen-bond donors (Lipinski definition) is 7. The lowest BCUT2D eigenvalue weighted by Crippen LogP contribution is -2.33. The van der Waals surface area contributed by atoms with E-state index in [2.05, 4.69) is 10.6 Å². The Kier molecular flexibility index (Phi) is 7.92. The van der Waals surface area contributed by atoms with Gasteiger partial charge in [-0.25, -0.2) is 0 Å². The van der Waals surface area contributed by atoms with Crippen molar-refractivity contribution >= 4 is 11.9 Å². The van der Waals surface area contributed by atoms with E-state index in [0.717, 1.165) is 16.7 Å². The van der Waals surface area contributed by atoms with Crippen LogP contribution in [0.4, 0.5) is 0 Å². The Labute approximate surface area is 164 Å². The number of ether oxygens (including phenoxy) is 2. The highest BCUT2D eigenvalue weighted by Crippen LogP contribution is 2.33. The summed E-state index contributed by atoms with van der Waals surface area (Å²) in [6.07, 6.45) is 0. The zero-order valence-electron chi connectivity index (χ0n) is 15.6. The molecule has 0 amide bonds. The molecule has 0 unspecified atom stereocenters. The number of nitrogens with one attached hydrogen (secondary N) is 4. The third-order valence-electron chi connectivity index (χ3n) is 3.79. The van der Waals surface area contributed by atoms with E-state index in [1.54, 1.807) is 0 Å². The van der Waals surface area contributed by atoms with E-state index in [-0.39, 0.29) is 11.9 Å². The SMILES string of the molecule is N=C(N)NCCOc1cccc(-c2ccc(CN)cc2OCCNC(=N)N)c1. The maximum absolute atomic E-state index is 7.19. The Morgan fingerprint density at radius 2 is 1.57 bits per heavy atom. The fourth-order valence-electron chi connectivity index (χ4n) is 2.51. The Hall–Kier alpha value is -3.46. The Bertz CT molecular complexity index is 811. The summed E-state index contributed by atoms with van der Waals surface area (Å²) < 4.78 is 11.6. The number of nitrogens with two attached hydrogens (primary N) is 3. The first kappa shape index (κ1) is 20.8. The van der Waals surface area contributed by atoms with Gasteiger partial charge in [-0.2, -0.15) is 0 Å². The van der Waals surface area contributed by atoms with Gasteiger partial charge in [0.2, 0.25) is 0 Å². The van der Waals surface area contributed by atoms with Gasteiger partial charge >= 0.3 is 0 Å². The van der Waals surface area contributed by atoms with Crippen LogP contribution in [0.1, 0.15) is 5.56 Å². The first-order valence-electron chi connectivity index (χ1n) is 8.84. The predicted molar refractivity (Wildman–Crippen MR) is 111 cm³/mol. The van der Waals surface area contributed by atoms with Crippen LogP contribution in [-0.2, 0) is 6.54 Å². The first-order valence-corrected chi connectivity index (χ1v) is 8.84. The summed E-state index contributed by atoms with van der Waals surface area (Å²) in [4.78, 5) is 0. The van der Waals surface area contributed by atoms with Gasteiger partial charge in [-0.15, -0.1) is 0 Å². The van der Waals surface area contributed by atoms with Crippen LogP contribution in [0.15, 0.2) is 42.5 Å². The first-order chi connectivity index (χ1) is 13.5. The monoisotopic (exact) mass is 385 g/mol. The molecular weight excluding hydrogens is 358 g/mol. The van der Waals surface area contributed by atoms with E-state index in [1.165, 1.54) is 0 Å². The van der Waals surface area contributed by atoms with Gasteiger partial charge in [0.25, 0.3) is 0 Å². The largest absolute Gasteiger partial charge is 0.492 e. The van der Waals surface area contributed by atoms with Gasteiger partial charge < -0.3 is 37.3 Å². The minimum absolute atomic E-state index is 0.0848. The van der Waals surface area contributed by atoms with Crippen LogP contribution >= 0.6 is 0 Å². The summed E-state index contributed by atoms with van der Waals surface area (Å²) in [7, 11) is 0. The smallest absolute Gasteiger partial charge is 0.185 e. The van der Waals surface area contributed by atoms with Gasteiger partial charge in [-0.3, -0.25) is 10.8 Å². The number of guanidine groups is 2. The third-order valence-corrected chi connectivity index (χ3v) is 3.79. The van der Waals surface area contributed by atoms with Crippen molar-refractivity contribution in [2.75, 3.05) is 26.3 Å². The van der Waals surface area contributed by atoms with Crippen LogP contribution in [0.25, 0.3) is 11.1 Å². The van der Waals surface area contributed by atoms with Crippen LogP contribution in [0, 0.1) is 10.8 Å². The topological polar surface area (TPSA) is 168 Å². The maximum Gasteiger partial charge on any atom is 0.185 e. The summed E-state index contributed by atoms with van der Waals surface area (Å²) in [5.41, 5.74) is 19.1. The molecule has 0 radical (unpaired) electrons. The quantitative estimate of drug-likeness (QED) is 0.178. The molecule has 0 saturated carbocycles. The fourth-order valence-corrected chi connectivity index (χ4v) is 2.51. The van der Waals surface area contributed by atoms with Crippen molar-refractivity contribution in [3.63, 3.8) is 0 Å². The third kappa shape index (κ3) is 6.69. The highest BCUT2D eigenvalue weighted by molar-refractivity contribution is 5.74. The summed E-state index contributed by atoms with van der Waals surface area (Å²) in [5, 5.41) is 19.7. The molecule has 2 rings (SSSR count). The van der Waals surface area contributed by atoms with Crippen molar-refractivity contribution in [3.05, 3.63) is 48.0 Å². The van der Waals surface area contributed by atoms with Gasteiger partial charge in [-0.05, 0) is 29.3 Å². The van der Waals surface area contributed by atoms with Crippen LogP contribution in [-0.4, -0.2) is 38.2 Å². The Balaban J connectivity index is 2.12. The molecule has 0 aliphatic rings. The molecule has 0 bridgehead atoms. The Morgan fingerprint density at radius 1 is 0.893 bits per heavy atom. The molecule has 9 heteroatoms. The molecule has 0 heterocycles. The summed E-state index contributed by atoms with van der Waals surface area (Å²) in [6, 6.07) is 13.5. The van der Waals surface area contributed by atoms with Gasteiger partial charge in [0.1, 0.15) is 24.7 Å². The van der Waals surface area contributed by atoms with Gasteiger partial charge in [0.05, 0.1) is 13.1 Å². The summed E-state index contributed by atoms with van der Waals surface area (Å²) in [5.74, 6) is 1.22. The van der Waals surface area contributed by atoms with Crippen molar-refractivity contribution in [3.8, 4) is 22.6 Å². The van der Waals surface area contributed by atoms with Gasteiger partial charge in [0, 0.05) is 12.1 Å². The molecule has 2 aromatic rings. The van der Waals surface area contributed by atoms with Gasteiger partial charge in [0.15, 0.2) is 11.9 Å². The second-order valence-corrected chi connectivity index (χ2v) is 5.94. The van der Waals surface area contributed by atoms with Gasteiger partial charge in [-0.1, -0.05) is 24.3 Å². The second kappa shape index (κ2) is 10.6.